The third-order valence-corrected chi connectivity index (χ3v) is 4.26. The molecule has 22 heavy (non-hydrogen) atoms. The summed E-state index contributed by atoms with van der Waals surface area (Å²) in [7, 11) is 0. The lowest BCUT2D eigenvalue weighted by Gasteiger charge is -2.32. The van der Waals surface area contributed by atoms with Crippen LogP contribution in [0.15, 0.2) is 24.5 Å². The number of nitrogens with one attached hydrogen (secondary N) is 1. The van der Waals surface area contributed by atoms with Crippen molar-refractivity contribution in [2.45, 2.75) is 18.8 Å². The van der Waals surface area contributed by atoms with Gasteiger partial charge in [-0.25, -0.2) is 4.79 Å². The summed E-state index contributed by atoms with van der Waals surface area (Å²) < 4.78 is 0. The van der Waals surface area contributed by atoms with Crippen LogP contribution in [0.2, 0.25) is 0 Å². The van der Waals surface area contributed by atoms with Crippen LogP contribution in [-0.2, 0) is 9.59 Å². The summed E-state index contributed by atoms with van der Waals surface area (Å²) in [6.07, 6.45) is 5.33. The zero-order chi connectivity index (χ0) is 15.5. The summed E-state index contributed by atoms with van der Waals surface area (Å²) in [6.45, 7) is 1.12. The third-order valence-electron chi connectivity index (χ3n) is 4.26. The summed E-state index contributed by atoms with van der Waals surface area (Å²) in [6, 6.07) is 3.54. The van der Waals surface area contributed by atoms with E-state index in [1.165, 1.54) is 5.56 Å². The Morgan fingerprint density at radius 3 is 2.50 bits per heavy atom. The Bertz CT molecular complexity index is 566. The molecule has 0 radical (unpaired) electrons. The molecule has 2 saturated heterocycles. The van der Waals surface area contributed by atoms with Gasteiger partial charge in [-0.2, -0.15) is 0 Å². The second-order valence-electron chi connectivity index (χ2n) is 5.57. The van der Waals surface area contributed by atoms with Crippen molar-refractivity contribution in [3.8, 4) is 0 Å². The van der Waals surface area contributed by atoms with Gasteiger partial charge in [-0.3, -0.25) is 19.5 Å². The number of urea groups is 1. The fraction of sp³-hybridized carbons (Fsp3) is 0.467. The van der Waals surface area contributed by atoms with Gasteiger partial charge in [-0.1, -0.05) is 0 Å². The molecule has 1 N–H and O–H groups in total. The van der Waals surface area contributed by atoms with Crippen molar-refractivity contribution in [1.29, 1.82) is 0 Å². The second kappa shape index (κ2) is 6.13. The predicted octanol–water partition coefficient (Wildman–Crippen LogP) is 0.339. The molecule has 3 rings (SSSR count). The Balaban J connectivity index is 1.54. The first kappa shape index (κ1) is 14.5. The van der Waals surface area contributed by atoms with Gasteiger partial charge in [-0.15, -0.1) is 0 Å². The van der Waals surface area contributed by atoms with Gasteiger partial charge in [0.1, 0.15) is 6.54 Å². The van der Waals surface area contributed by atoms with Crippen molar-refractivity contribution in [3.63, 3.8) is 0 Å². The van der Waals surface area contributed by atoms with Gasteiger partial charge in [0.15, 0.2) is 0 Å². The third kappa shape index (κ3) is 2.93. The number of likely N-dealkylation sites (tertiary alicyclic amines) is 1. The van der Waals surface area contributed by atoms with Gasteiger partial charge in [0.05, 0.1) is 6.54 Å². The number of carbonyl (C=O) groups excluding carboxylic acids is 3. The van der Waals surface area contributed by atoms with E-state index >= 15 is 0 Å². The van der Waals surface area contributed by atoms with E-state index in [0.29, 0.717) is 19.0 Å². The van der Waals surface area contributed by atoms with Gasteiger partial charge in [0, 0.05) is 25.5 Å². The summed E-state index contributed by atoms with van der Waals surface area (Å²) in [5.41, 5.74) is 1.25. The number of hydrogen-bond acceptors (Lipinski definition) is 4. The summed E-state index contributed by atoms with van der Waals surface area (Å²) in [5.74, 6) is -0.0765. The van der Waals surface area contributed by atoms with Crippen LogP contribution in [-0.4, -0.2) is 58.8 Å². The topological polar surface area (TPSA) is 82.6 Å². The van der Waals surface area contributed by atoms with Gasteiger partial charge < -0.3 is 10.2 Å². The number of nitrogens with zero attached hydrogens (tertiary/aromatic N) is 3. The Morgan fingerprint density at radius 2 is 1.91 bits per heavy atom. The quantitative estimate of drug-likeness (QED) is 0.816. The molecule has 0 spiro atoms. The largest absolute Gasteiger partial charge is 0.341 e. The molecule has 3 heterocycles. The summed E-state index contributed by atoms with van der Waals surface area (Å²) >= 11 is 0. The van der Waals surface area contributed by atoms with Crippen LogP contribution in [0.4, 0.5) is 4.79 Å². The van der Waals surface area contributed by atoms with Gasteiger partial charge in [-0.05, 0) is 36.5 Å². The first-order valence-electron chi connectivity index (χ1n) is 7.41. The van der Waals surface area contributed by atoms with Crippen LogP contribution in [0, 0.1) is 0 Å². The SMILES string of the molecule is O=C(CN1C(=O)CNC1=O)N1CCC(c2ccncc2)CC1. The molecule has 116 valence electrons. The minimum atomic E-state index is -0.481. The zero-order valence-electron chi connectivity index (χ0n) is 12.2. The number of piperidine rings is 1. The van der Waals surface area contributed by atoms with E-state index in [2.05, 4.69) is 10.3 Å². The van der Waals surface area contributed by atoms with E-state index in [-0.39, 0.29) is 24.9 Å². The van der Waals surface area contributed by atoms with Gasteiger partial charge >= 0.3 is 6.03 Å². The van der Waals surface area contributed by atoms with Gasteiger partial charge in [0.25, 0.3) is 5.91 Å². The Morgan fingerprint density at radius 1 is 1.23 bits per heavy atom. The van der Waals surface area contributed by atoms with Crippen molar-refractivity contribution in [3.05, 3.63) is 30.1 Å². The maximum absolute atomic E-state index is 12.2. The lowest BCUT2D eigenvalue weighted by atomic mass is 9.90. The number of pyridine rings is 1. The molecule has 7 heteroatoms. The minimum Gasteiger partial charge on any atom is -0.341 e. The normalized spacial score (nSPS) is 19.5. The predicted molar refractivity (Wildman–Crippen MR) is 77.9 cm³/mol. The molecule has 2 aliphatic heterocycles. The number of hydrogen-bond donors (Lipinski definition) is 1. The molecule has 1 aromatic heterocycles. The molecule has 2 aliphatic rings. The molecular formula is C15H18N4O3. The molecule has 4 amide bonds. The molecule has 0 saturated carbocycles. The Hall–Kier alpha value is -2.44. The molecule has 0 aliphatic carbocycles. The fourth-order valence-electron chi connectivity index (χ4n) is 2.95. The van der Waals surface area contributed by atoms with E-state index in [9.17, 15) is 14.4 Å². The lowest BCUT2D eigenvalue weighted by molar-refractivity contribution is -0.137. The second-order valence-corrected chi connectivity index (χ2v) is 5.57. The van der Waals surface area contributed by atoms with E-state index in [1.54, 1.807) is 17.3 Å². The molecule has 1 aromatic rings. The maximum Gasteiger partial charge on any atom is 0.325 e. The highest BCUT2D eigenvalue weighted by Gasteiger charge is 2.32. The smallest absolute Gasteiger partial charge is 0.325 e. The molecule has 7 nitrogen and oxygen atoms in total. The van der Waals surface area contributed by atoms with Crippen LogP contribution in [0.3, 0.4) is 0 Å². The number of amides is 4. The highest BCUT2D eigenvalue weighted by atomic mass is 16.2. The highest BCUT2D eigenvalue weighted by Crippen LogP contribution is 2.27. The number of imide groups is 1. The molecule has 0 aromatic carbocycles. The van der Waals surface area contributed by atoms with Crippen LogP contribution in [0.5, 0.6) is 0 Å². The van der Waals surface area contributed by atoms with Crippen molar-refractivity contribution in [2.24, 2.45) is 0 Å². The number of rotatable bonds is 3. The van der Waals surface area contributed by atoms with Crippen molar-refractivity contribution in [1.82, 2.24) is 20.1 Å². The average molecular weight is 302 g/mol. The van der Waals surface area contributed by atoms with Crippen molar-refractivity contribution in [2.75, 3.05) is 26.2 Å². The summed E-state index contributed by atoms with van der Waals surface area (Å²) in [5, 5.41) is 2.42. The first-order valence-corrected chi connectivity index (χ1v) is 7.41. The number of aromatic nitrogens is 1. The molecular weight excluding hydrogens is 284 g/mol. The van der Waals surface area contributed by atoms with Crippen LogP contribution < -0.4 is 5.32 Å². The van der Waals surface area contributed by atoms with Crippen molar-refractivity contribution >= 4 is 17.8 Å². The standard InChI is InChI=1S/C15H18N4O3/c20-13-9-17-15(22)19(13)10-14(21)18-7-3-12(4-8-18)11-1-5-16-6-2-11/h1-2,5-6,12H,3-4,7-10H2,(H,17,22). The minimum absolute atomic E-state index is 0.0176. The van der Waals surface area contributed by atoms with E-state index in [0.717, 1.165) is 17.7 Å². The highest BCUT2D eigenvalue weighted by molar-refractivity contribution is 6.04. The number of carbonyl (C=O) groups is 3. The van der Waals surface area contributed by atoms with Gasteiger partial charge in [0.2, 0.25) is 5.91 Å². The average Bonchev–Trinajstić information content (AvgIpc) is 2.88. The zero-order valence-corrected chi connectivity index (χ0v) is 12.2. The summed E-state index contributed by atoms with van der Waals surface area (Å²) in [4.78, 5) is 41.9. The monoisotopic (exact) mass is 302 g/mol. The molecule has 0 bridgehead atoms. The molecule has 0 unspecified atom stereocenters. The van der Waals surface area contributed by atoms with E-state index in [4.69, 9.17) is 0 Å². The van der Waals surface area contributed by atoms with E-state index in [1.807, 2.05) is 12.1 Å². The lowest BCUT2D eigenvalue weighted by Crippen LogP contribution is -2.45. The first-order chi connectivity index (χ1) is 10.6. The van der Waals surface area contributed by atoms with Crippen LogP contribution in [0.1, 0.15) is 24.3 Å². The van der Waals surface area contributed by atoms with Crippen LogP contribution in [0.25, 0.3) is 0 Å². The van der Waals surface area contributed by atoms with Crippen molar-refractivity contribution < 1.29 is 14.4 Å². The van der Waals surface area contributed by atoms with E-state index < -0.39 is 6.03 Å². The Kier molecular flexibility index (Phi) is 4.04. The molecule has 2 fully saturated rings. The maximum atomic E-state index is 12.2. The van der Waals surface area contributed by atoms with Crippen LogP contribution >= 0.6 is 0 Å². The molecule has 0 atom stereocenters. The fourth-order valence-corrected chi connectivity index (χ4v) is 2.95. The Labute approximate surface area is 128 Å².